The Morgan fingerprint density at radius 3 is 2.67 bits per heavy atom. The summed E-state index contributed by atoms with van der Waals surface area (Å²) >= 11 is 0. The molecule has 1 saturated heterocycles. The van der Waals surface area contributed by atoms with E-state index in [9.17, 15) is 18.0 Å². The number of piperidine rings is 1. The molecule has 1 heterocycles. The standard InChI is InChI=1S/C20H21F3N2O2/c21-20(22,23)16-7-4-8-17(12-16)25-19(26)27-13-18-11-15(9-10-24-18)14-5-2-1-3-6-14/h1-8,12,15,18,24H,9-11,13H2,(H,25,26)/t15-,18+/m1/s1. The average molecular weight is 378 g/mol. The molecule has 0 bridgehead atoms. The second kappa shape index (κ2) is 8.43. The smallest absolute Gasteiger partial charge is 0.416 e. The SMILES string of the molecule is O=C(Nc1cccc(C(F)(F)F)c1)OC[C@@H]1C[C@H](c2ccccc2)CCN1. The van der Waals surface area contributed by atoms with E-state index in [2.05, 4.69) is 22.8 Å². The van der Waals surface area contributed by atoms with Crippen LogP contribution in [0.3, 0.4) is 0 Å². The van der Waals surface area contributed by atoms with Crippen LogP contribution in [-0.2, 0) is 10.9 Å². The summed E-state index contributed by atoms with van der Waals surface area (Å²) in [5.41, 5.74) is 0.492. The van der Waals surface area contributed by atoms with Crippen LogP contribution in [0.25, 0.3) is 0 Å². The van der Waals surface area contributed by atoms with Gasteiger partial charge in [0.25, 0.3) is 0 Å². The van der Waals surface area contributed by atoms with Crippen LogP contribution in [0.4, 0.5) is 23.7 Å². The first-order valence-corrected chi connectivity index (χ1v) is 8.81. The van der Waals surface area contributed by atoms with Gasteiger partial charge in [0.15, 0.2) is 0 Å². The number of ether oxygens (including phenoxy) is 1. The molecule has 0 spiro atoms. The molecule has 1 aliphatic rings. The van der Waals surface area contributed by atoms with Gasteiger partial charge in [0.1, 0.15) is 6.61 Å². The summed E-state index contributed by atoms with van der Waals surface area (Å²) in [6, 6.07) is 14.6. The number of carbonyl (C=O) groups excluding carboxylic acids is 1. The van der Waals surface area contributed by atoms with Crippen LogP contribution in [-0.4, -0.2) is 25.3 Å². The predicted octanol–water partition coefficient (Wildman–Crippen LogP) is 4.79. The number of alkyl halides is 3. The fraction of sp³-hybridized carbons (Fsp3) is 0.350. The highest BCUT2D eigenvalue weighted by Crippen LogP contribution is 2.31. The van der Waals surface area contributed by atoms with Crippen LogP contribution in [0.5, 0.6) is 0 Å². The van der Waals surface area contributed by atoms with Crippen molar-refractivity contribution >= 4 is 11.8 Å². The second-order valence-electron chi connectivity index (χ2n) is 6.59. The van der Waals surface area contributed by atoms with E-state index in [0.29, 0.717) is 5.92 Å². The molecule has 2 aromatic rings. The molecule has 1 aliphatic heterocycles. The Labute approximate surface area is 155 Å². The fourth-order valence-corrected chi connectivity index (χ4v) is 3.26. The normalized spacial score (nSPS) is 20.1. The van der Waals surface area contributed by atoms with Gasteiger partial charge in [-0.05, 0) is 49.1 Å². The van der Waals surface area contributed by atoms with Crippen molar-refractivity contribution in [3.8, 4) is 0 Å². The van der Waals surface area contributed by atoms with Gasteiger partial charge in [-0.25, -0.2) is 4.79 Å². The maximum atomic E-state index is 12.7. The van der Waals surface area contributed by atoms with Crippen molar-refractivity contribution in [1.29, 1.82) is 0 Å². The summed E-state index contributed by atoms with van der Waals surface area (Å²) in [6.45, 7) is 0.983. The Kier molecular flexibility index (Phi) is 6.01. The number of nitrogens with one attached hydrogen (secondary N) is 2. The van der Waals surface area contributed by atoms with Gasteiger partial charge in [0, 0.05) is 11.7 Å². The summed E-state index contributed by atoms with van der Waals surface area (Å²) in [7, 11) is 0. The predicted molar refractivity (Wildman–Crippen MR) is 96.6 cm³/mol. The van der Waals surface area contributed by atoms with E-state index < -0.39 is 17.8 Å². The number of amides is 1. The molecule has 1 fully saturated rings. The average Bonchev–Trinajstić information content (AvgIpc) is 2.67. The van der Waals surface area contributed by atoms with E-state index in [1.54, 1.807) is 0 Å². The van der Waals surface area contributed by atoms with Gasteiger partial charge < -0.3 is 10.1 Å². The number of benzene rings is 2. The summed E-state index contributed by atoms with van der Waals surface area (Å²) in [5.74, 6) is 0.396. The molecule has 0 saturated carbocycles. The third-order valence-corrected chi connectivity index (χ3v) is 4.62. The zero-order chi connectivity index (χ0) is 19.3. The summed E-state index contributed by atoms with van der Waals surface area (Å²) in [5, 5.41) is 5.66. The third kappa shape index (κ3) is 5.47. The molecule has 0 radical (unpaired) electrons. The largest absolute Gasteiger partial charge is 0.448 e. The number of rotatable bonds is 4. The Balaban J connectivity index is 1.50. The fourth-order valence-electron chi connectivity index (χ4n) is 3.26. The molecule has 4 nitrogen and oxygen atoms in total. The summed E-state index contributed by atoms with van der Waals surface area (Å²) in [6.07, 6.45) is -3.38. The van der Waals surface area contributed by atoms with E-state index >= 15 is 0 Å². The third-order valence-electron chi connectivity index (χ3n) is 4.62. The molecule has 27 heavy (non-hydrogen) atoms. The summed E-state index contributed by atoms with van der Waals surface area (Å²) in [4.78, 5) is 11.9. The van der Waals surface area contributed by atoms with E-state index in [1.807, 2.05) is 18.2 Å². The first-order valence-electron chi connectivity index (χ1n) is 8.81. The Hall–Kier alpha value is -2.54. The minimum absolute atomic E-state index is 0.0104. The molecule has 144 valence electrons. The number of hydrogen-bond donors (Lipinski definition) is 2. The van der Waals surface area contributed by atoms with Gasteiger partial charge in [-0.3, -0.25) is 5.32 Å². The molecule has 2 aromatic carbocycles. The molecule has 2 N–H and O–H groups in total. The highest BCUT2D eigenvalue weighted by atomic mass is 19.4. The molecule has 3 rings (SSSR count). The minimum atomic E-state index is -4.46. The molecule has 0 aliphatic carbocycles. The number of anilines is 1. The van der Waals surface area contributed by atoms with Gasteiger partial charge >= 0.3 is 12.3 Å². The zero-order valence-corrected chi connectivity index (χ0v) is 14.6. The molecule has 2 atom stereocenters. The number of carbonyl (C=O) groups is 1. The van der Waals surface area contributed by atoms with Crippen molar-refractivity contribution in [1.82, 2.24) is 5.32 Å². The lowest BCUT2D eigenvalue weighted by atomic mass is 9.87. The van der Waals surface area contributed by atoms with Crippen molar-refractivity contribution in [2.24, 2.45) is 0 Å². The van der Waals surface area contributed by atoms with Crippen molar-refractivity contribution in [2.75, 3.05) is 18.5 Å². The molecule has 7 heteroatoms. The van der Waals surface area contributed by atoms with Gasteiger partial charge in [-0.2, -0.15) is 13.2 Å². The van der Waals surface area contributed by atoms with Crippen LogP contribution in [0.2, 0.25) is 0 Å². The zero-order valence-electron chi connectivity index (χ0n) is 14.6. The van der Waals surface area contributed by atoms with E-state index in [0.717, 1.165) is 31.5 Å². The van der Waals surface area contributed by atoms with Crippen LogP contribution in [0.1, 0.15) is 29.9 Å². The van der Waals surface area contributed by atoms with Crippen molar-refractivity contribution in [2.45, 2.75) is 31.0 Å². The lowest BCUT2D eigenvalue weighted by molar-refractivity contribution is -0.137. The van der Waals surface area contributed by atoms with Gasteiger partial charge in [-0.1, -0.05) is 36.4 Å². The number of halogens is 3. The number of hydrogen-bond acceptors (Lipinski definition) is 3. The first kappa shape index (κ1) is 19.2. The Bertz CT molecular complexity index is 765. The van der Waals surface area contributed by atoms with Crippen LogP contribution in [0, 0.1) is 0 Å². The van der Waals surface area contributed by atoms with Crippen molar-refractivity contribution in [3.63, 3.8) is 0 Å². The lowest BCUT2D eigenvalue weighted by Gasteiger charge is -2.30. The minimum Gasteiger partial charge on any atom is -0.448 e. The van der Waals surface area contributed by atoms with E-state index in [-0.39, 0.29) is 18.3 Å². The van der Waals surface area contributed by atoms with E-state index in [4.69, 9.17) is 4.74 Å². The molecular weight excluding hydrogens is 357 g/mol. The topological polar surface area (TPSA) is 50.4 Å². The molecule has 0 unspecified atom stereocenters. The van der Waals surface area contributed by atoms with Crippen molar-refractivity contribution < 1.29 is 22.7 Å². The Morgan fingerprint density at radius 2 is 1.93 bits per heavy atom. The van der Waals surface area contributed by atoms with E-state index in [1.165, 1.54) is 17.7 Å². The van der Waals surface area contributed by atoms with Crippen LogP contribution in [0.15, 0.2) is 54.6 Å². The first-order chi connectivity index (χ1) is 12.9. The second-order valence-corrected chi connectivity index (χ2v) is 6.59. The Morgan fingerprint density at radius 1 is 1.15 bits per heavy atom. The molecule has 0 aromatic heterocycles. The van der Waals surface area contributed by atoms with Gasteiger partial charge in [0.05, 0.1) is 5.56 Å². The van der Waals surface area contributed by atoms with Gasteiger partial charge in [0.2, 0.25) is 0 Å². The monoisotopic (exact) mass is 378 g/mol. The molecule has 1 amide bonds. The summed E-state index contributed by atoms with van der Waals surface area (Å²) < 4.78 is 43.4. The quantitative estimate of drug-likeness (QED) is 0.804. The van der Waals surface area contributed by atoms with Gasteiger partial charge in [-0.15, -0.1) is 0 Å². The van der Waals surface area contributed by atoms with Crippen molar-refractivity contribution in [3.05, 3.63) is 65.7 Å². The maximum absolute atomic E-state index is 12.7. The maximum Gasteiger partial charge on any atom is 0.416 e. The molecular formula is C20H21F3N2O2. The highest BCUT2D eigenvalue weighted by molar-refractivity contribution is 5.84. The van der Waals surface area contributed by atoms with Crippen LogP contribution < -0.4 is 10.6 Å². The van der Waals surface area contributed by atoms with Crippen LogP contribution >= 0.6 is 0 Å². The lowest BCUT2D eigenvalue weighted by Crippen LogP contribution is -2.41. The highest BCUT2D eigenvalue weighted by Gasteiger charge is 2.30.